The minimum atomic E-state index is -3.65. The van der Waals surface area contributed by atoms with Crippen molar-refractivity contribution in [2.24, 2.45) is 0 Å². The Hall–Kier alpha value is -1.90. The Morgan fingerprint density at radius 2 is 1.78 bits per heavy atom. The molecule has 2 heterocycles. The number of hydrogen-bond donors (Lipinski definition) is 0. The van der Waals surface area contributed by atoms with E-state index in [1.807, 2.05) is 0 Å². The van der Waals surface area contributed by atoms with Crippen LogP contribution in [0.25, 0.3) is 0 Å². The standard InChI is InChI=1S/C23H26ClF2NO4S/c1-30-20-11-16-10-17(32(28,29)22(16)12-21(20)31-2)13-23(26)5-7-27(8-6-23)14-15-3-4-19(25)18(24)9-15/h3-4,9,11-12,17H,5-8,10,13-14H2,1-2H3. The van der Waals surface area contributed by atoms with Crippen LogP contribution in [0.2, 0.25) is 5.02 Å². The average molecular weight is 486 g/mol. The number of methoxy groups -OCH3 is 2. The maximum Gasteiger partial charge on any atom is 0.182 e. The molecule has 2 aromatic carbocycles. The highest BCUT2D eigenvalue weighted by Crippen LogP contribution is 2.43. The van der Waals surface area contributed by atoms with Crippen LogP contribution >= 0.6 is 11.6 Å². The maximum absolute atomic E-state index is 15.7. The summed E-state index contributed by atoms with van der Waals surface area (Å²) in [5, 5.41) is -0.736. The highest BCUT2D eigenvalue weighted by Gasteiger charge is 2.45. The van der Waals surface area contributed by atoms with E-state index in [0.717, 1.165) is 5.56 Å². The van der Waals surface area contributed by atoms with Crippen molar-refractivity contribution in [3.8, 4) is 11.5 Å². The lowest BCUT2D eigenvalue weighted by Crippen LogP contribution is -2.43. The number of halogens is 3. The highest BCUT2D eigenvalue weighted by molar-refractivity contribution is 7.92. The largest absolute Gasteiger partial charge is 0.493 e. The molecule has 2 aliphatic rings. The van der Waals surface area contributed by atoms with E-state index in [1.54, 1.807) is 18.2 Å². The molecule has 0 N–H and O–H groups in total. The number of benzene rings is 2. The molecule has 1 atom stereocenters. The predicted molar refractivity (Wildman–Crippen MR) is 119 cm³/mol. The quantitative estimate of drug-likeness (QED) is 0.599. The third-order valence-corrected chi connectivity index (χ3v) is 8.99. The molecule has 5 nitrogen and oxygen atoms in total. The molecular weight excluding hydrogens is 460 g/mol. The van der Waals surface area contributed by atoms with Gasteiger partial charge in [-0.1, -0.05) is 17.7 Å². The van der Waals surface area contributed by atoms with Gasteiger partial charge in [-0.2, -0.15) is 0 Å². The molecule has 0 radical (unpaired) electrons. The van der Waals surface area contributed by atoms with Crippen molar-refractivity contribution in [3.63, 3.8) is 0 Å². The SMILES string of the molecule is COc1cc2c(cc1OC)S(=O)(=O)C(CC1(F)CCN(Cc3ccc(F)c(Cl)c3)CC1)C2. The van der Waals surface area contributed by atoms with Gasteiger partial charge in [0.25, 0.3) is 0 Å². The Labute approximate surface area is 192 Å². The van der Waals surface area contributed by atoms with Crippen LogP contribution in [0.1, 0.15) is 30.4 Å². The van der Waals surface area contributed by atoms with E-state index in [1.165, 1.54) is 26.4 Å². The van der Waals surface area contributed by atoms with Crippen LogP contribution in [0.4, 0.5) is 8.78 Å². The van der Waals surface area contributed by atoms with E-state index in [4.69, 9.17) is 21.1 Å². The van der Waals surface area contributed by atoms with Gasteiger partial charge in [0.2, 0.25) is 0 Å². The average Bonchev–Trinajstić information content (AvgIpc) is 3.00. The van der Waals surface area contributed by atoms with Crippen molar-refractivity contribution in [1.29, 1.82) is 0 Å². The molecule has 0 saturated carbocycles. The topological polar surface area (TPSA) is 55.8 Å². The molecule has 0 aromatic heterocycles. The van der Waals surface area contributed by atoms with Crippen molar-refractivity contribution in [3.05, 3.63) is 52.3 Å². The van der Waals surface area contributed by atoms with Crippen LogP contribution < -0.4 is 9.47 Å². The summed E-state index contributed by atoms with van der Waals surface area (Å²) in [6.45, 7) is 1.53. The minimum absolute atomic E-state index is 0.0368. The van der Waals surface area contributed by atoms with Crippen molar-refractivity contribution >= 4 is 21.4 Å². The summed E-state index contributed by atoms with van der Waals surface area (Å²) in [5.74, 6) is 0.344. The number of piperidine rings is 1. The molecule has 0 bridgehead atoms. The number of rotatable bonds is 6. The van der Waals surface area contributed by atoms with E-state index in [9.17, 15) is 12.8 Å². The van der Waals surface area contributed by atoms with Gasteiger partial charge in [0.15, 0.2) is 21.3 Å². The van der Waals surface area contributed by atoms with Gasteiger partial charge in [0.1, 0.15) is 11.5 Å². The van der Waals surface area contributed by atoms with Crippen molar-refractivity contribution in [2.45, 2.75) is 48.0 Å². The molecule has 4 rings (SSSR count). The second-order valence-corrected chi connectivity index (χ2v) is 11.2. The zero-order chi connectivity index (χ0) is 23.1. The second-order valence-electron chi connectivity index (χ2n) is 8.57. The molecule has 0 spiro atoms. The van der Waals surface area contributed by atoms with Gasteiger partial charge in [0, 0.05) is 25.7 Å². The van der Waals surface area contributed by atoms with E-state index < -0.39 is 26.6 Å². The van der Waals surface area contributed by atoms with E-state index in [-0.39, 0.29) is 35.6 Å². The number of ether oxygens (including phenoxy) is 2. The molecular formula is C23H26ClF2NO4S. The van der Waals surface area contributed by atoms with Crippen LogP contribution in [-0.2, 0) is 22.8 Å². The van der Waals surface area contributed by atoms with Gasteiger partial charge in [-0.3, -0.25) is 4.90 Å². The molecule has 1 unspecified atom stereocenters. The van der Waals surface area contributed by atoms with E-state index in [0.29, 0.717) is 36.7 Å². The third kappa shape index (κ3) is 4.45. The van der Waals surface area contributed by atoms with Gasteiger partial charge in [-0.25, -0.2) is 17.2 Å². The lowest BCUT2D eigenvalue weighted by molar-refractivity contribution is 0.0471. The summed E-state index contributed by atoms with van der Waals surface area (Å²) in [4.78, 5) is 2.28. The van der Waals surface area contributed by atoms with E-state index in [2.05, 4.69) is 4.90 Å². The Balaban J connectivity index is 1.42. The first-order chi connectivity index (χ1) is 15.1. The molecule has 2 aromatic rings. The van der Waals surface area contributed by atoms with Gasteiger partial charge < -0.3 is 9.47 Å². The molecule has 174 valence electrons. The fourth-order valence-electron chi connectivity index (χ4n) is 4.66. The first-order valence-corrected chi connectivity index (χ1v) is 12.4. The Kier molecular flexibility index (Phi) is 6.40. The summed E-state index contributed by atoms with van der Waals surface area (Å²) in [6.07, 6.45) is 0.722. The number of likely N-dealkylation sites (tertiary alicyclic amines) is 1. The van der Waals surface area contributed by atoms with Crippen molar-refractivity contribution in [1.82, 2.24) is 4.90 Å². The lowest BCUT2D eigenvalue weighted by atomic mass is 9.87. The highest BCUT2D eigenvalue weighted by atomic mass is 35.5. The van der Waals surface area contributed by atoms with Crippen LogP contribution in [0.15, 0.2) is 35.2 Å². The van der Waals surface area contributed by atoms with Crippen molar-refractivity contribution in [2.75, 3.05) is 27.3 Å². The Bertz CT molecular complexity index is 1120. The summed E-state index contributed by atoms with van der Waals surface area (Å²) in [6, 6.07) is 7.73. The predicted octanol–water partition coefficient (Wildman–Crippen LogP) is 4.59. The Morgan fingerprint density at radius 3 is 2.41 bits per heavy atom. The number of sulfone groups is 1. The summed E-state index contributed by atoms with van der Waals surface area (Å²) >= 11 is 5.85. The Morgan fingerprint density at radius 1 is 1.12 bits per heavy atom. The van der Waals surface area contributed by atoms with Gasteiger partial charge in [-0.15, -0.1) is 0 Å². The molecule has 1 saturated heterocycles. The summed E-state index contributed by atoms with van der Waals surface area (Å²) < 4.78 is 65.8. The first kappa shape index (κ1) is 23.3. The van der Waals surface area contributed by atoms with Crippen LogP contribution in [-0.4, -0.2) is 51.5 Å². The summed E-state index contributed by atoms with van der Waals surface area (Å²) in [7, 11) is -0.704. The monoisotopic (exact) mass is 485 g/mol. The number of hydrogen-bond acceptors (Lipinski definition) is 5. The van der Waals surface area contributed by atoms with Crippen molar-refractivity contribution < 1.29 is 26.7 Å². The summed E-state index contributed by atoms with van der Waals surface area (Å²) in [5.41, 5.74) is -0.0495. The molecule has 0 amide bonds. The third-order valence-electron chi connectivity index (χ3n) is 6.50. The maximum atomic E-state index is 15.7. The first-order valence-electron chi connectivity index (χ1n) is 10.5. The molecule has 0 aliphatic carbocycles. The number of nitrogens with zero attached hydrogens (tertiary/aromatic N) is 1. The van der Waals surface area contributed by atoms with E-state index >= 15 is 4.39 Å². The smallest absolute Gasteiger partial charge is 0.182 e. The van der Waals surface area contributed by atoms with Gasteiger partial charge >= 0.3 is 0 Å². The molecule has 32 heavy (non-hydrogen) atoms. The molecule has 2 aliphatic heterocycles. The lowest BCUT2D eigenvalue weighted by Gasteiger charge is -2.37. The zero-order valence-corrected chi connectivity index (χ0v) is 19.6. The molecule has 1 fully saturated rings. The number of fused-ring (bicyclic) bond motifs is 1. The van der Waals surface area contributed by atoms with Crippen LogP contribution in [0, 0.1) is 5.82 Å². The second kappa shape index (κ2) is 8.80. The zero-order valence-electron chi connectivity index (χ0n) is 18.0. The fraction of sp³-hybridized carbons (Fsp3) is 0.478. The number of alkyl halides is 1. The van der Waals surface area contributed by atoms with Crippen LogP contribution in [0.3, 0.4) is 0 Å². The van der Waals surface area contributed by atoms with Crippen LogP contribution in [0.5, 0.6) is 11.5 Å². The van der Waals surface area contributed by atoms with Gasteiger partial charge in [-0.05, 0) is 55.0 Å². The fourth-order valence-corrected chi connectivity index (χ4v) is 6.92. The molecule has 9 heteroatoms. The minimum Gasteiger partial charge on any atom is -0.493 e. The van der Waals surface area contributed by atoms with Gasteiger partial charge in [0.05, 0.1) is 29.4 Å². The normalized spacial score (nSPS) is 21.8.